The maximum absolute atomic E-state index is 15.1. The number of fused-ring (bicyclic) bond motifs is 1. The van der Waals surface area contributed by atoms with Crippen LogP contribution >= 0.6 is 46.9 Å². The van der Waals surface area contributed by atoms with E-state index in [2.05, 4.69) is 147 Å². The monoisotopic (exact) mass is 885 g/mol. The molecule has 0 atom stereocenters. The molecule has 0 bridgehead atoms. The molecule has 3 heterocycles. The van der Waals surface area contributed by atoms with Crippen molar-refractivity contribution in [1.82, 2.24) is 0 Å². The van der Waals surface area contributed by atoms with Gasteiger partial charge in [0.2, 0.25) is 0 Å². The maximum Gasteiger partial charge on any atom is 0.168 e. The minimum Gasteiger partial charge on any atom is -0.399 e. The van der Waals surface area contributed by atoms with E-state index >= 15 is 4.39 Å². The molecule has 0 saturated carbocycles. The molecule has 62 heavy (non-hydrogen) atoms. The van der Waals surface area contributed by atoms with Crippen LogP contribution in [0.15, 0.2) is 143 Å². The SMILES string of the molecule is [B]SC1=C/C(=C)c2cc(S)ccc2N(c2csc(-c3cc(C)ccc3CCCCc3ccc(F)cc3-c3scc(N(c4ccc(C)cc4)c4ccc(N)cc4C)c3C)c2C)/C=C\1. The van der Waals surface area contributed by atoms with Crippen LogP contribution in [-0.2, 0) is 12.8 Å². The molecule has 1 aliphatic heterocycles. The summed E-state index contributed by atoms with van der Waals surface area (Å²) in [4.78, 5) is 8.72. The molecule has 5 aromatic carbocycles. The summed E-state index contributed by atoms with van der Waals surface area (Å²) in [6.07, 6.45) is 9.94. The Balaban J connectivity index is 1.05. The van der Waals surface area contributed by atoms with Crippen molar-refractivity contribution in [3.8, 4) is 20.9 Å². The fraction of sp³-hybridized carbons (Fsp3) is 0.170. The largest absolute Gasteiger partial charge is 0.399 e. The van der Waals surface area contributed by atoms with Gasteiger partial charge in [0.25, 0.3) is 0 Å². The zero-order valence-electron chi connectivity index (χ0n) is 35.8. The van der Waals surface area contributed by atoms with E-state index in [0.717, 1.165) is 108 Å². The summed E-state index contributed by atoms with van der Waals surface area (Å²) in [6.45, 7) is 15.1. The predicted octanol–water partition coefficient (Wildman–Crippen LogP) is 16.1. The van der Waals surface area contributed by atoms with Crippen LogP contribution in [0.1, 0.15) is 57.3 Å². The van der Waals surface area contributed by atoms with Crippen molar-refractivity contribution in [3.63, 3.8) is 0 Å². The van der Waals surface area contributed by atoms with Gasteiger partial charge in [-0.15, -0.1) is 35.3 Å². The summed E-state index contributed by atoms with van der Waals surface area (Å²) in [6, 6.07) is 33.0. The number of hydrogen-bond acceptors (Lipinski definition) is 7. The van der Waals surface area contributed by atoms with E-state index in [9.17, 15) is 0 Å². The van der Waals surface area contributed by atoms with Crippen LogP contribution in [0.2, 0.25) is 0 Å². The molecule has 0 aliphatic carbocycles. The molecule has 2 aromatic heterocycles. The van der Waals surface area contributed by atoms with Crippen molar-refractivity contribution in [3.05, 3.63) is 188 Å². The number of nitrogen functional groups attached to an aromatic ring is 1. The van der Waals surface area contributed by atoms with Crippen LogP contribution in [0.25, 0.3) is 26.5 Å². The van der Waals surface area contributed by atoms with Crippen LogP contribution in [0, 0.1) is 40.4 Å². The summed E-state index contributed by atoms with van der Waals surface area (Å²) in [5.74, 6) is -0.223. The van der Waals surface area contributed by atoms with E-state index in [1.54, 1.807) is 34.8 Å². The summed E-state index contributed by atoms with van der Waals surface area (Å²) < 4.78 is 15.1. The smallest absolute Gasteiger partial charge is 0.168 e. The summed E-state index contributed by atoms with van der Waals surface area (Å²) in [7, 11) is 6.05. The quantitative estimate of drug-likeness (QED) is 0.0554. The third-order valence-electron chi connectivity index (χ3n) is 11.7. The average molecular weight is 886 g/mol. The molecule has 1 aliphatic rings. The Morgan fingerprint density at radius 2 is 1.40 bits per heavy atom. The second kappa shape index (κ2) is 18.7. The zero-order chi connectivity index (χ0) is 43.7. The molecule has 310 valence electrons. The van der Waals surface area contributed by atoms with E-state index in [0.29, 0.717) is 0 Å². The molecular formula is C53H49BFN3S4. The van der Waals surface area contributed by atoms with Crippen LogP contribution in [-0.4, -0.2) is 7.12 Å². The molecule has 0 saturated heterocycles. The molecule has 2 N–H and O–H groups in total. The van der Waals surface area contributed by atoms with Crippen molar-refractivity contribution in [1.29, 1.82) is 0 Å². The number of nitrogens with two attached hydrogens (primary N) is 1. The highest BCUT2D eigenvalue weighted by atomic mass is 32.2. The fourth-order valence-electron chi connectivity index (χ4n) is 8.37. The van der Waals surface area contributed by atoms with Gasteiger partial charge in [-0.3, -0.25) is 0 Å². The minimum absolute atomic E-state index is 0.223. The van der Waals surface area contributed by atoms with Gasteiger partial charge in [-0.1, -0.05) is 54.1 Å². The Morgan fingerprint density at radius 3 is 2.13 bits per heavy atom. The van der Waals surface area contributed by atoms with Gasteiger partial charge >= 0.3 is 0 Å². The maximum atomic E-state index is 15.1. The number of hydrogen-bond donors (Lipinski definition) is 2. The second-order valence-electron chi connectivity index (χ2n) is 16.1. The van der Waals surface area contributed by atoms with Gasteiger partial charge in [-0.05, 0) is 183 Å². The van der Waals surface area contributed by atoms with Gasteiger partial charge in [-0.2, -0.15) is 11.6 Å². The first kappa shape index (κ1) is 43.5. The molecular weight excluding hydrogens is 837 g/mol. The van der Waals surface area contributed by atoms with Crippen molar-refractivity contribution < 1.29 is 4.39 Å². The number of thiophene rings is 2. The zero-order valence-corrected chi connectivity index (χ0v) is 39.1. The number of rotatable bonds is 12. The molecule has 0 unspecified atom stereocenters. The topological polar surface area (TPSA) is 32.5 Å². The number of nitrogens with zero attached hydrogens (tertiary/aromatic N) is 2. The number of thiol groups is 1. The van der Waals surface area contributed by atoms with Gasteiger partial charge in [0, 0.05) is 54.2 Å². The third-order valence-corrected chi connectivity index (χ3v) is 14.7. The van der Waals surface area contributed by atoms with Crippen molar-refractivity contribution in [2.45, 2.75) is 65.2 Å². The lowest BCUT2D eigenvalue weighted by molar-refractivity contribution is 0.627. The van der Waals surface area contributed by atoms with Gasteiger partial charge in [0.05, 0.1) is 17.1 Å². The Morgan fingerprint density at radius 1 is 0.726 bits per heavy atom. The molecule has 9 heteroatoms. The Labute approximate surface area is 385 Å². The van der Waals surface area contributed by atoms with Crippen molar-refractivity contribution in [2.75, 3.05) is 15.5 Å². The molecule has 7 aromatic rings. The van der Waals surface area contributed by atoms with Gasteiger partial charge in [-0.25, -0.2) is 4.39 Å². The number of halogens is 1. The first-order valence-corrected chi connectivity index (χ1v) is 23.8. The summed E-state index contributed by atoms with van der Waals surface area (Å²) in [5.41, 5.74) is 24.8. The Hall–Kier alpha value is -5.19. The summed E-state index contributed by atoms with van der Waals surface area (Å²) in [5, 5.41) is 4.46. The first-order valence-electron chi connectivity index (χ1n) is 20.8. The standard InChI is InChI=1S/C53H49BFN3S4/c1-32-12-18-42(19-13-32)58(48-21-17-41(56)26-35(48)4)51-31-61-53(37(51)6)47-28-40(55)16-15-39(47)10-8-7-9-38-14-11-33(2)25-46(38)52-36(5)50(30-60-52)57-24-23-44(62-54)27-34(3)45-29-43(59)20-22-49(45)57/h11-31,59H,3,7-10,56H2,1-2,4-6H3/b24-23-,44-27+. The van der Waals surface area contributed by atoms with Gasteiger partial charge in [0.15, 0.2) is 7.12 Å². The lowest BCUT2D eigenvalue weighted by Crippen LogP contribution is -2.12. The van der Waals surface area contributed by atoms with E-state index < -0.39 is 0 Å². The molecule has 3 nitrogen and oxygen atoms in total. The van der Waals surface area contributed by atoms with E-state index in [4.69, 9.17) is 12.9 Å². The normalized spacial score (nSPS) is 14.0. The minimum atomic E-state index is -0.223. The molecule has 8 rings (SSSR count). The van der Waals surface area contributed by atoms with Gasteiger partial charge < -0.3 is 15.5 Å². The van der Waals surface area contributed by atoms with Crippen molar-refractivity contribution >= 4 is 93.7 Å². The summed E-state index contributed by atoms with van der Waals surface area (Å²) >= 11 is 9.33. The lowest BCUT2D eigenvalue weighted by atomic mass is 9.94. The molecule has 2 radical (unpaired) electrons. The van der Waals surface area contributed by atoms with Gasteiger partial charge in [0.1, 0.15) is 5.82 Å². The Kier molecular flexibility index (Phi) is 13.1. The highest BCUT2D eigenvalue weighted by molar-refractivity contribution is 8.22. The van der Waals surface area contributed by atoms with E-state index in [1.165, 1.54) is 44.3 Å². The van der Waals surface area contributed by atoms with E-state index in [1.807, 2.05) is 30.3 Å². The van der Waals surface area contributed by atoms with E-state index in [-0.39, 0.29) is 5.82 Å². The average Bonchev–Trinajstić information content (AvgIpc) is 3.82. The fourth-order valence-corrected chi connectivity index (χ4v) is 11.1. The highest BCUT2D eigenvalue weighted by Crippen LogP contribution is 2.47. The van der Waals surface area contributed by atoms with Crippen LogP contribution in [0.4, 0.5) is 38.5 Å². The molecule has 0 fully saturated rings. The lowest BCUT2D eigenvalue weighted by Gasteiger charge is -2.27. The number of anilines is 6. The van der Waals surface area contributed by atoms with Crippen LogP contribution in [0.3, 0.4) is 0 Å². The molecule has 0 amide bonds. The Bertz CT molecular complexity index is 2870. The molecule has 0 spiro atoms. The highest BCUT2D eigenvalue weighted by Gasteiger charge is 2.24. The van der Waals surface area contributed by atoms with Crippen LogP contribution in [0.5, 0.6) is 0 Å². The van der Waals surface area contributed by atoms with Crippen LogP contribution < -0.4 is 15.5 Å². The number of unbranched alkanes of at least 4 members (excludes halogenated alkanes) is 1. The predicted molar refractivity (Wildman–Crippen MR) is 274 cm³/mol. The first-order chi connectivity index (χ1) is 29.9. The number of aryl methyl sites for hydroxylation is 5. The number of allylic oxidation sites excluding steroid dienone is 3. The van der Waals surface area contributed by atoms with Crippen molar-refractivity contribution in [2.24, 2.45) is 0 Å². The third kappa shape index (κ3) is 9.00. The number of benzene rings is 5. The second-order valence-corrected chi connectivity index (χ2v) is 19.1.